The average Bonchev–Trinajstić information content (AvgIpc) is 2.82. The summed E-state index contributed by atoms with van der Waals surface area (Å²) >= 11 is 0. The maximum absolute atomic E-state index is 10.7. The summed E-state index contributed by atoms with van der Waals surface area (Å²) in [6.45, 7) is 0. The summed E-state index contributed by atoms with van der Waals surface area (Å²) in [5.74, 6) is -0.912. The van der Waals surface area contributed by atoms with Gasteiger partial charge in [-0.2, -0.15) is 0 Å². The lowest BCUT2D eigenvalue weighted by Gasteiger charge is -2.01. The lowest BCUT2D eigenvalue weighted by Crippen LogP contribution is -2.03. The van der Waals surface area contributed by atoms with Gasteiger partial charge >= 0.3 is 5.97 Å². The highest BCUT2D eigenvalue weighted by Crippen LogP contribution is 2.26. The Balaban J connectivity index is 2.09. The molecule has 3 rings (SSSR count). The van der Waals surface area contributed by atoms with Crippen LogP contribution in [-0.2, 0) is 11.2 Å². The van der Waals surface area contributed by atoms with Crippen molar-refractivity contribution in [1.29, 1.82) is 0 Å². The molecule has 2 aromatic heterocycles. The molecule has 3 aromatic rings. The summed E-state index contributed by atoms with van der Waals surface area (Å²) in [7, 11) is 0. The second kappa shape index (κ2) is 4.53. The Morgan fingerprint density at radius 1 is 1.26 bits per heavy atom. The minimum Gasteiger partial charge on any atom is -0.481 e. The first-order valence-electron chi connectivity index (χ1n) is 5.83. The number of carboxylic acids is 1. The second-order valence-corrected chi connectivity index (χ2v) is 4.21. The van der Waals surface area contributed by atoms with Gasteiger partial charge in [-0.15, -0.1) is 0 Å². The van der Waals surface area contributed by atoms with Gasteiger partial charge in [-0.25, -0.2) is 4.98 Å². The summed E-state index contributed by atoms with van der Waals surface area (Å²) in [4.78, 5) is 22.3. The number of hydrogen-bond acceptors (Lipinski definition) is 3. The van der Waals surface area contributed by atoms with Crippen molar-refractivity contribution in [2.45, 2.75) is 6.42 Å². The molecule has 0 amide bonds. The molecule has 5 nitrogen and oxygen atoms in total. The van der Waals surface area contributed by atoms with Gasteiger partial charge in [-0.05, 0) is 6.07 Å². The molecule has 0 aliphatic carbocycles. The van der Waals surface area contributed by atoms with Gasteiger partial charge in [0.1, 0.15) is 0 Å². The first-order valence-corrected chi connectivity index (χ1v) is 5.83. The van der Waals surface area contributed by atoms with Crippen LogP contribution in [0.1, 0.15) is 5.69 Å². The molecule has 94 valence electrons. The number of aromatic nitrogens is 3. The number of rotatable bonds is 3. The van der Waals surface area contributed by atoms with Crippen LogP contribution in [0.2, 0.25) is 0 Å². The summed E-state index contributed by atoms with van der Waals surface area (Å²) in [5.41, 5.74) is 3.07. The van der Waals surface area contributed by atoms with E-state index in [4.69, 9.17) is 5.11 Å². The topological polar surface area (TPSA) is 78.9 Å². The van der Waals surface area contributed by atoms with E-state index in [0.29, 0.717) is 11.4 Å². The number of carboxylic acid groups (broad SMARTS) is 1. The molecule has 2 N–H and O–H groups in total. The number of hydrogen-bond donors (Lipinski definition) is 2. The SMILES string of the molecule is O=C(O)Cc1cncc(-c2c[nH]c3ccccc23)n1. The van der Waals surface area contributed by atoms with E-state index in [1.807, 2.05) is 30.5 Å². The van der Waals surface area contributed by atoms with E-state index >= 15 is 0 Å². The molecule has 19 heavy (non-hydrogen) atoms. The van der Waals surface area contributed by atoms with Gasteiger partial charge in [0.15, 0.2) is 0 Å². The summed E-state index contributed by atoms with van der Waals surface area (Å²) in [6.07, 6.45) is 4.86. The van der Waals surface area contributed by atoms with E-state index in [0.717, 1.165) is 16.5 Å². The van der Waals surface area contributed by atoms with Crippen molar-refractivity contribution in [3.63, 3.8) is 0 Å². The van der Waals surface area contributed by atoms with Gasteiger partial charge in [0.05, 0.1) is 24.0 Å². The standard InChI is InChI=1S/C14H11N3O2/c18-14(19)5-9-6-15-8-13(17-9)11-7-16-12-4-2-1-3-10(11)12/h1-4,6-8,16H,5H2,(H,18,19). The first kappa shape index (κ1) is 11.4. The Hall–Kier alpha value is -2.69. The van der Waals surface area contributed by atoms with Gasteiger partial charge in [0, 0.05) is 28.9 Å². The summed E-state index contributed by atoms with van der Waals surface area (Å²) in [6, 6.07) is 7.88. The van der Waals surface area contributed by atoms with E-state index in [-0.39, 0.29) is 6.42 Å². The van der Waals surface area contributed by atoms with Crippen LogP contribution in [-0.4, -0.2) is 26.0 Å². The van der Waals surface area contributed by atoms with E-state index in [1.54, 1.807) is 6.20 Å². The van der Waals surface area contributed by atoms with Crippen LogP contribution in [0.4, 0.5) is 0 Å². The molecule has 0 aliphatic rings. The Kier molecular flexibility index (Phi) is 2.72. The number of para-hydroxylation sites is 1. The van der Waals surface area contributed by atoms with Crippen LogP contribution >= 0.6 is 0 Å². The molecule has 0 atom stereocenters. The number of nitrogens with one attached hydrogen (secondary N) is 1. The van der Waals surface area contributed by atoms with E-state index < -0.39 is 5.97 Å². The zero-order valence-corrected chi connectivity index (χ0v) is 10.00. The Morgan fingerprint density at radius 3 is 2.95 bits per heavy atom. The van der Waals surface area contributed by atoms with Crippen molar-refractivity contribution in [2.75, 3.05) is 0 Å². The largest absolute Gasteiger partial charge is 0.481 e. The summed E-state index contributed by atoms with van der Waals surface area (Å²) in [5, 5.41) is 9.83. The first-order chi connectivity index (χ1) is 9.24. The third-order valence-electron chi connectivity index (χ3n) is 2.88. The lowest BCUT2D eigenvalue weighted by molar-refractivity contribution is -0.136. The molecule has 0 unspecified atom stereocenters. The van der Waals surface area contributed by atoms with Crippen molar-refractivity contribution in [3.8, 4) is 11.3 Å². The maximum Gasteiger partial charge on any atom is 0.309 e. The van der Waals surface area contributed by atoms with Crippen LogP contribution in [0.5, 0.6) is 0 Å². The molecular weight excluding hydrogens is 242 g/mol. The molecule has 5 heteroatoms. The zero-order valence-electron chi connectivity index (χ0n) is 10.00. The summed E-state index contributed by atoms with van der Waals surface area (Å²) < 4.78 is 0. The van der Waals surface area contributed by atoms with Crippen LogP contribution in [0, 0.1) is 0 Å². The fourth-order valence-electron chi connectivity index (χ4n) is 2.06. The number of aliphatic carboxylic acids is 1. The minimum atomic E-state index is -0.912. The van der Waals surface area contributed by atoms with Crippen molar-refractivity contribution in [3.05, 3.63) is 48.5 Å². The monoisotopic (exact) mass is 253 g/mol. The van der Waals surface area contributed by atoms with Gasteiger partial charge in [0.25, 0.3) is 0 Å². The number of aromatic amines is 1. The predicted molar refractivity (Wildman–Crippen MR) is 70.7 cm³/mol. The van der Waals surface area contributed by atoms with Crippen LogP contribution in [0.3, 0.4) is 0 Å². The van der Waals surface area contributed by atoms with Crippen molar-refractivity contribution in [1.82, 2.24) is 15.0 Å². The quantitative estimate of drug-likeness (QED) is 0.750. The van der Waals surface area contributed by atoms with Gasteiger partial charge < -0.3 is 10.1 Å². The van der Waals surface area contributed by atoms with E-state index in [1.165, 1.54) is 6.20 Å². The number of nitrogens with zero attached hydrogens (tertiary/aromatic N) is 2. The highest BCUT2D eigenvalue weighted by Gasteiger charge is 2.09. The van der Waals surface area contributed by atoms with Crippen molar-refractivity contribution >= 4 is 16.9 Å². The normalized spacial score (nSPS) is 10.7. The van der Waals surface area contributed by atoms with Crippen molar-refractivity contribution < 1.29 is 9.90 Å². The van der Waals surface area contributed by atoms with Crippen LogP contribution < -0.4 is 0 Å². The molecule has 0 spiro atoms. The Bertz CT molecular complexity index is 749. The number of H-pyrrole nitrogens is 1. The highest BCUT2D eigenvalue weighted by atomic mass is 16.4. The highest BCUT2D eigenvalue weighted by molar-refractivity contribution is 5.94. The number of benzene rings is 1. The van der Waals surface area contributed by atoms with Gasteiger partial charge in [-0.3, -0.25) is 9.78 Å². The zero-order chi connectivity index (χ0) is 13.2. The van der Waals surface area contributed by atoms with Crippen LogP contribution in [0.25, 0.3) is 22.2 Å². The van der Waals surface area contributed by atoms with Gasteiger partial charge in [-0.1, -0.05) is 18.2 Å². The Morgan fingerprint density at radius 2 is 2.11 bits per heavy atom. The number of fused-ring (bicyclic) bond motifs is 1. The third kappa shape index (κ3) is 2.18. The molecule has 0 radical (unpaired) electrons. The fourth-order valence-corrected chi connectivity index (χ4v) is 2.06. The molecule has 0 fully saturated rings. The molecule has 0 bridgehead atoms. The number of carbonyl (C=O) groups is 1. The molecule has 1 aromatic carbocycles. The third-order valence-corrected chi connectivity index (χ3v) is 2.88. The molecule has 0 saturated heterocycles. The molecule has 2 heterocycles. The Labute approximate surface area is 109 Å². The smallest absolute Gasteiger partial charge is 0.309 e. The second-order valence-electron chi connectivity index (χ2n) is 4.21. The van der Waals surface area contributed by atoms with Gasteiger partial charge in [0.2, 0.25) is 0 Å². The minimum absolute atomic E-state index is 0.122. The molecule has 0 aliphatic heterocycles. The van der Waals surface area contributed by atoms with Crippen molar-refractivity contribution in [2.24, 2.45) is 0 Å². The van der Waals surface area contributed by atoms with E-state index in [9.17, 15) is 4.79 Å². The maximum atomic E-state index is 10.7. The van der Waals surface area contributed by atoms with Crippen LogP contribution in [0.15, 0.2) is 42.9 Å². The fraction of sp³-hybridized carbons (Fsp3) is 0.0714. The molecule has 0 saturated carbocycles. The molecular formula is C14H11N3O2. The lowest BCUT2D eigenvalue weighted by atomic mass is 10.1. The average molecular weight is 253 g/mol. The van der Waals surface area contributed by atoms with E-state index in [2.05, 4.69) is 15.0 Å². The predicted octanol–water partition coefficient (Wildman–Crippen LogP) is 2.25.